The molecule has 3 aromatic heterocycles. The minimum absolute atomic E-state index is 0.145. The fourth-order valence-electron chi connectivity index (χ4n) is 3.62. The summed E-state index contributed by atoms with van der Waals surface area (Å²) in [5.74, 6) is 0.528. The first kappa shape index (κ1) is 21.3. The summed E-state index contributed by atoms with van der Waals surface area (Å²) in [4.78, 5) is 33.4. The molecule has 0 spiro atoms. The minimum atomic E-state index is -0.678. The molecule has 1 aromatic carbocycles. The van der Waals surface area contributed by atoms with Gasteiger partial charge in [-0.1, -0.05) is 12.1 Å². The number of benzene rings is 1. The molecule has 1 aliphatic carbocycles. The van der Waals surface area contributed by atoms with Crippen molar-refractivity contribution in [1.29, 1.82) is 0 Å². The Bertz CT molecular complexity index is 1350. The molecular formula is C24H21N7O3. The van der Waals surface area contributed by atoms with E-state index in [1.165, 1.54) is 7.11 Å². The Kier molecular flexibility index (Phi) is 5.69. The maximum atomic E-state index is 13.3. The highest BCUT2D eigenvalue weighted by atomic mass is 16.5. The van der Waals surface area contributed by atoms with Crippen LogP contribution in [0.3, 0.4) is 0 Å². The van der Waals surface area contributed by atoms with Crippen LogP contribution in [0.15, 0.2) is 67.3 Å². The number of nitrogens with zero attached hydrogens (tertiary/aromatic N) is 5. The molecule has 4 aromatic rings. The summed E-state index contributed by atoms with van der Waals surface area (Å²) in [5.41, 5.74) is 2.95. The van der Waals surface area contributed by atoms with Gasteiger partial charge in [0.05, 0.1) is 7.11 Å². The van der Waals surface area contributed by atoms with Gasteiger partial charge in [0.2, 0.25) is 0 Å². The van der Waals surface area contributed by atoms with Gasteiger partial charge in [0, 0.05) is 35.2 Å². The lowest BCUT2D eigenvalue weighted by Gasteiger charge is -2.13. The van der Waals surface area contributed by atoms with Crippen molar-refractivity contribution in [3.8, 4) is 22.5 Å². The summed E-state index contributed by atoms with van der Waals surface area (Å²) in [5, 5.41) is 13.7. The smallest absolute Gasteiger partial charge is 0.412 e. The zero-order valence-electron chi connectivity index (χ0n) is 18.3. The molecule has 10 nitrogen and oxygen atoms in total. The van der Waals surface area contributed by atoms with Gasteiger partial charge in [-0.05, 0) is 54.8 Å². The van der Waals surface area contributed by atoms with Crippen molar-refractivity contribution in [2.24, 2.45) is 0 Å². The third-order valence-electron chi connectivity index (χ3n) is 5.41. The van der Waals surface area contributed by atoms with Crippen molar-refractivity contribution >= 4 is 23.5 Å². The van der Waals surface area contributed by atoms with Crippen molar-refractivity contribution in [2.45, 2.75) is 18.9 Å². The normalized spacial score (nSPS) is 12.7. The zero-order valence-corrected chi connectivity index (χ0v) is 18.3. The first-order valence-corrected chi connectivity index (χ1v) is 10.7. The Morgan fingerprint density at radius 2 is 1.85 bits per heavy atom. The van der Waals surface area contributed by atoms with Crippen molar-refractivity contribution < 1.29 is 14.3 Å². The highest BCUT2D eigenvalue weighted by Crippen LogP contribution is 2.37. The highest BCUT2D eigenvalue weighted by molar-refractivity contribution is 6.08. The molecule has 0 bridgehead atoms. The largest absolute Gasteiger partial charge is 0.453 e. The third kappa shape index (κ3) is 4.46. The van der Waals surface area contributed by atoms with Gasteiger partial charge in [0.25, 0.3) is 5.91 Å². The second kappa shape index (κ2) is 9.10. The van der Waals surface area contributed by atoms with Gasteiger partial charge in [-0.15, -0.1) is 10.2 Å². The zero-order chi connectivity index (χ0) is 23.5. The van der Waals surface area contributed by atoms with Gasteiger partial charge in [0.1, 0.15) is 17.8 Å². The van der Waals surface area contributed by atoms with Crippen LogP contribution in [-0.2, 0) is 4.74 Å². The topological polar surface area (TPSA) is 124 Å². The summed E-state index contributed by atoms with van der Waals surface area (Å²) in [7, 11) is 1.26. The van der Waals surface area contributed by atoms with Gasteiger partial charge >= 0.3 is 6.09 Å². The number of methoxy groups -OCH3 is 1. The Balaban J connectivity index is 1.46. The number of ether oxygens (including phenoxy) is 1. The second-order valence-electron chi connectivity index (χ2n) is 7.77. The predicted octanol–water partition coefficient (Wildman–Crippen LogP) is 4.17. The molecule has 0 saturated heterocycles. The van der Waals surface area contributed by atoms with Crippen LogP contribution < -0.4 is 10.6 Å². The molecule has 10 heteroatoms. The Morgan fingerprint density at radius 3 is 2.62 bits per heavy atom. The number of pyridine rings is 2. The van der Waals surface area contributed by atoms with Crippen molar-refractivity contribution in [2.75, 3.05) is 17.7 Å². The number of rotatable bonds is 6. The van der Waals surface area contributed by atoms with E-state index in [4.69, 9.17) is 0 Å². The lowest BCUT2D eigenvalue weighted by molar-refractivity contribution is 0.102. The summed E-state index contributed by atoms with van der Waals surface area (Å²) in [6, 6.07) is 14.8. The Morgan fingerprint density at radius 1 is 1.03 bits per heavy atom. The molecule has 1 saturated carbocycles. The lowest BCUT2D eigenvalue weighted by Crippen LogP contribution is -2.18. The van der Waals surface area contributed by atoms with E-state index in [1.807, 2.05) is 18.2 Å². The van der Waals surface area contributed by atoms with E-state index in [2.05, 4.69) is 40.1 Å². The lowest BCUT2D eigenvalue weighted by atomic mass is 10.0. The molecule has 0 radical (unpaired) electrons. The van der Waals surface area contributed by atoms with Crippen LogP contribution in [0.2, 0.25) is 0 Å². The monoisotopic (exact) mass is 455 g/mol. The molecule has 0 atom stereocenters. The Hall–Kier alpha value is -4.60. The maximum absolute atomic E-state index is 13.3. The average Bonchev–Trinajstić information content (AvgIpc) is 3.60. The van der Waals surface area contributed by atoms with Gasteiger partial charge in [0.15, 0.2) is 5.82 Å². The van der Waals surface area contributed by atoms with Crippen LogP contribution in [0.1, 0.15) is 29.4 Å². The van der Waals surface area contributed by atoms with Crippen LogP contribution in [0.25, 0.3) is 22.5 Å². The van der Waals surface area contributed by atoms with Crippen LogP contribution >= 0.6 is 0 Å². The number of hydrogen-bond donors (Lipinski definition) is 2. The predicted molar refractivity (Wildman–Crippen MR) is 125 cm³/mol. The first-order chi connectivity index (χ1) is 16.6. The standard InChI is InChI=1S/C24H21N7O3/c1-34-24(33)29-20-8-7-19(15-9-11-25-12-10-15)21(28-20)23(32)27-17-4-2-3-16(13-17)22-30-26-14-31(22)18-5-6-18/h2-4,7-14,18H,5-6H2,1H3,(H,27,32)(H,28,29,33). The molecule has 2 amide bonds. The molecule has 5 rings (SSSR count). The van der Waals surface area contributed by atoms with Crippen molar-refractivity contribution in [3.05, 3.63) is 72.9 Å². The molecule has 0 aliphatic heterocycles. The third-order valence-corrected chi connectivity index (χ3v) is 5.41. The van der Waals surface area contributed by atoms with Crippen LogP contribution in [-0.4, -0.2) is 43.8 Å². The van der Waals surface area contributed by atoms with E-state index in [0.29, 0.717) is 17.3 Å². The van der Waals surface area contributed by atoms with Crippen molar-refractivity contribution in [3.63, 3.8) is 0 Å². The maximum Gasteiger partial charge on any atom is 0.412 e. The van der Waals surface area contributed by atoms with Gasteiger partial charge < -0.3 is 14.6 Å². The number of carbonyl (C=O) groups excluding carboxylic acids is 2. The number of nitrogens with one attached hydrogen (secondary N) is 2. The number of hydrogen-bond acceptors (Lipinski definition) is 7. The Labute approximate surface area is 195 Å². The van der Waals surface area contributed by atoms with Gasteiger partial charge in [-0.3, -0.25) is 15.1 Å². The van der Waals surface area contributed by atoms with Crippen LogP contribution in [0, 0.1) is 0 Å². The number of amides is 2. The molecule has 3 heterocycles. The summed E-state index contributed by atoms with van der Waals surface area (Å²) >= 11 is 0. The highest BCUT2D eigenvalue weighted by Gasteiger charge is 2.26. The van der Waals surface area contributed by atoms with Gasteiger partial charge in [-0.2, -0.15) is 0 Å². The molecular weight excluding hydrogens is 434 g/mol. The summed E-state index contributed by atoms with van der Waals surface area (Å²) in [6.07, 6.45) is 6.56. The number of anilines is 2. The molecule has 1 aliphatic rings. The summed E-state index contributed by atoms with van der Waals surface area (Å²) < 4.78 is 6.69. The van der Waals surface area contributed by atoms with E-state index in [1.54, 1.807) is 49.1 Å². The SMILES string of the molecule is COC(=O)Nc1ccc(-c2ccncc2)c(C(=O)Nc2cccc(-c3nncn3C3CC3)c2)n1. The minimum Gasteiger partial charge on any atom is -0.453 e. The van der Waals surface area contributed by atoms with E-state index < -0.39 is 12.0 Å². The fourth-order valence-corrected chi connectivity index (χ4v) is 3.62. The first-order valence-electron chi connectivity index (χ1n) is 10.7. The molecule has 2 N–H and O–H groups in total. The van der Waals surface area contributed by atoms with Crippen LogP contribution in [0.4, 0.5) is 16.3 Å². The number of aromatic nitrogens is 5. The molecule has 170 valence electrons. The van der Waals surface area contributed by atoms with Crippen molar-refractivity contribution in [1.82, 2.24) is 24.7 Å². The molecule has 0 unspecified atom stereocenters. The quantitative estimate of drug-likeness (QED) is 0.447. The van der Waals surface area contributed by atoms with E-state index in [-0.39, 0.29) is 11.5 Å². The molecule has 34 heavy (non-hydrogen) atoms. The summed E-state index contributed by atoms with van der Waals surface area (Å²) in [6.45, 7) is 0. The molecule has 1 fully saturated rings. The van der Waals surface area contributed by atoms with Crippen LogP contribution in [0.5, 0.6) is 0 Å². The fraction of sp³-hybridized carbons (Fsp3) is 0.167. The second-order valence-corrected chi connectivity index (χ2v) is 7.77. The number of carbonyl (C=O) groups is 2. The average molecular weight is 455 g/mol. The van der Waals surface area contributed by atoms with E-state index in [9.17, 15) is 9.59 Å². The van der Waals surface area contributed by atoms with E-state index >= 15 is 0 Å². The van der Waals surface area contributed by atoms with E-state index in [0.717, 1.165) is 29.8 Å². The van der Waals surface area contributed by atoms with Gasteiger partial charge in [-0.25, -0.2) is 9.78 Å².